The van der Waals surface area contributed by atoms with E-state index in [1.807, 2.05) is 24.4 Å². The van der Waals surface area contributed by atoms with E-state index in [9.17, 15) is 0 Å². The second-order valence-electron chi connectivity index (χ2n) is 5.64. The highest BCUT2D eigenvalue weighted by atomic mass is 35.5. The van der Waals surface area contributed by atoms with Crippen molar-refractivity contribution in [2.24, 2.45) is 5.92 Å². The van der Waals surface area contributed by atoms with Gasteiger partial charge in [0.15, 0.2) is 0 Å². The number of anilines is 1. The van der Waals surface area contributed by atoms with Crippen molar-refractivity contribution in [3.63, 3.8) is 0 Å². The van der Waals surface area contributed by atoms with Crippen LogP contribution in [0.4, 0.5) is 5.69 Å². The number of fused-ring (bicyclic) bond motifs is 1. The third-order valence-corrected chi connectivity index (χ3v) is 4.18. The van der Waals surface area contributed by atoms with Crippen molar-refractivity contribution in [1.82, 2.24) is 4.98 Å². The molecule has 0 spiro atoms. The van der Waals surface area contributed by atoms with E-state index < -0.39 is 0 Å². The van der Waals surface area contributed by atoms with Crippen molar-refractivity contribution >= 4 is 28.2 Å². The van der Waals surface area contributed by atoms with Crippen molar-refractivity contribution < 1.29 is 0 Å². The maximum atomic E-state index is 6.20. The van der Waals surface area contributed by atoms with Crippen LogP contribution in [0.15, 0.2) is 30.5 Å². The Labute approximate surface area is 119 Å². The van der Waals surface area contributed by atoms with Gasteiger partial charge in [0, 0.05) is 22.6 Å². The molecule has 1 N–H and O–H groups in total. The molecule has 0 amide bonds. The predicted octanol–water partition coefficient (Wildman–Crippen LogP) is 4.88. The fraction of sp³-hybridized carbons (Fsp3) is 0.438. The molecule has 0 bridgehead atoms. The van der Waals surface area contributed by atoms with Crippen LogP contribution >= 0.6 is 11.6 Å². The molecule has 19 heavy (non-hydrogen) atoms. The lowest BCUT2D eigenvalue weighted by Crippen LogP contribution is -2.26. The van der Waals surface area contributed by atoms with Crippen LogP contribution in [0.3, 0.4) is 0 Å². The standard InChI is InChI=1S/C16H19ClN2/c1-11-4-2-6-14(8-11)19-15-10-13(17)9-12-5-3-7-18-16(12)15/h3,5,7,9-11,14,19H,2,4,6,8H2,1H3. The highest BCUT2D eigenvalue weighted by molar-refractivity contribution is 6.31. The van der Waals surface area contributed by atoms with Gasteiger partial charge in [-0.3, -0.25) is 4.98 Å². The van der Waals surface area contributed by atoms with Gasteiger partial charge >= 0.3 is 0 Å². The molecule has 1 aromatic heterocycles. The maximum Gasteiger partial charge on any atom is 0.0934 e. The molecule has 1 aromatic carbocycles. The van der Waals surface area contributed by atoms with Crippen LogP contribution in [0.25, 0.3) is 10.9 Å². The fourth-order valence-corrected chi connectivity index (χ4v) is 3.28. The van der Waals surface area contributed by atoms with Gasteiger partial charge in [-0.25, -0.2) is 0 Å². The minimum Gasteiger partial charge on any atom is -0.380 e. The van der Waals surface area contributed by atoms with Crippen LogP contribution in [0.1, 0.15) is 32.6 Å². The number of halogens is 1. The van der Waals surface area contributed by atoms with Crippen molar-refractivity contribution in [3.8, 4) is 0 Å². The summed E-state index contributed by atoms with van der Waals surface area (Å²) >= 11 is 6.20. The normalized spacial score (nSPS) is 23.5. The summed E-state index contributed by atoms with van der Waals surface area (Å²) in [5.74, 6) is 0.810. The van der Waals surface area contributed by atoms with E-state index in [1.54, 1.807) is 0 Å². The predicted molar refractivity (Wildman–Crippen MR) is 81.8 cm³/mol. The molecule has 1 heterocycles. The molecule has 3 rings (SSSR count). The van der Waals surface area contributed by atoms with Gasteiger partial charge in [-0.1, -0.05) is 37.4 Å². The highest BCUT2D eigenvalue weighted by Crippen LogP contribution is 2.30. The van der Waals surface area contributed by atoms with Gasteiger partial charge in [-0.2, -0.15) is 0 Å². The number of benzene rings is 1. The lowest BCUT2D eigenvalue weighted by Gasteiger charge is -2.28. The van der Waals surface area contributed by atoms with E-state index in [0.717, 1.165) is 27.5 Å². The summed E-state index contributed by atoms with van der Waals surface area (Å²) in [4.78, 5) is 4.49. The Kier molecular flexibility index (Phi) is 3.61. The number of rotatable bonds is 2. The van der Waals surface area contributed by atoms with Crippen molar-refractivity contribution in [1.29, 1.82) is 0 Å². The molecule has 1 fully saturated rings. The Bertz CT molecular complexity index is 582. The number of hydrogen-bond acceptors (Lipinski definition) is 2. The van der Waals surface area contributed by atoms with E-state index in [0.29, 0.717) is 6.04 Å². The summed E-state index contributed by atoms with van der Waals surface area (Å²) in [6.07, 6.45) is 6.98. The van der Waals surface area contributed by atoms with Crippen LogP contribution in [-0.2, 0) is 0 Å². The smallest absolute Gasteiger partial charge is 0.0934 e. The Hall–Kier alpha value is -1.28. The summed E-state index contributed by atoms with van der Waals surface area (Å²) in [6, 6.07) is 8.52. The monoisotopic (exact) mass is 274 g/mol. The van der Waals surface area contributed by atoms with E-state index in [2.05, 4.69) is 23.3 Å². The first-order valence-electron chi connectivity index (χ1n) is 7.03. The van der Waals surface area contributed by atoms with Gasteiger partial charge in [0.1, 0.15) is 0 Å². The third-order valence-electron chi connectivity index (χ3n) is 3.97. The second kappa shape index (κ2) is 5.38. The molecule has 2 unspecified atom stereocenters. The molecule has 100 valence electrons. The number of nitrogens with one attached hydrogen (secondary N) is 1. The first-order valence-corrected chi connectivity index (χ1v) is 7.41. The largest absolute Gasteiger partial charge is 0.380 e. The summed E-state index contributed by atoms with van der Waals surface area (Å²) in [5, 5.41) is 5.52. The highest BCUT2D eigenvalue weighted by Gasteiger charge is 2.19. The van der Waals surface area contributed by atoms with Gasteiger partial charge in [-0.15, -0.1) is 0 Å². The van der Waals surface area contributed by atoms with E-state index in [-0.39, 0.29) is 0 Å². The molecule has 1 saturated carbocycles. The van der Waals surface area contributed by atoms with Gasteiger partial charge in [0.05, 0.1) is 11.2 Å². The zero-order chi connectivity index (χ0) is 13.2. The number of hydrogen-bond donors (Lipinski definition) is 1. The van der Waals surface area contributed by atoms with E-state index >= 15 is 0 Å². The minimum absolute atomic E-state index is 0.549. The minimum atomic E-state index is 0.549. The molecular weight excluding hydrogens is 256 g/mol. The lowest BCUT2D eigenvalue weighted by molar-refractivity contribution is 0.359. The van der Waals surface area contributed by atoms with Gasteiger partial charge in [-0.05, 0) is 37.0 Å². The second-order valence-corrected chi connectivity index (χ2v) is 6.08. The topological polar surface area (TPSA) is 24.9 Å². The van der Waals surface area contributed by atoms with Crippen molar-refractivity contribution in [2.45, 2.75) is 38.6 Å². The summed E-state index contributed by atoms with van der Waals surface area (Å²) in [7, 11) is 0. The van der Waals surface area contributed by atoms with E-state index in [4.69, 9.17) is 11.6 Å². The Morgan fingerprint density at radius 3 is 3.05 bits per heavy atom. The van der Waals surface area contributed by atoms with Gasteiger partial charge < -0.3 is 5.32 Å². The Morgan fingerprint density at radius 1 is 1.32 bits per heavy atom. The Balaban J connectivity index is 1.91. The van der Waals surface area contributed by atoms with Gasteiger partial charge in [0.25, 0.3) is 0 Å². The quantitative estimate of drug-likeness (QED) is 0.844. The van der Waals surface area contributed by atoms with Gasteiger partial charge in [0.2, 0.25) is 0 Å². The molecular formula is C16H19ClN2. The average Bonchev–Trinajstić information content (AvgIpc) is 2.38. The molecule has 2 atom stereocenters. The first-order chi connectivity index (χ1) is 9.22. The number of pyridine rings is 1. The molecule has 1 aliphatic rings. The van der Waals surface area contributed by atoms with Crippen LogP contribution < -0.4 is 5.32 Å². The zero-order valence-corrected chi connectivity index (χ0v) is 12.0. The summed E-state index contributed by atoms with van der Waals surface area (Å²) in [5.41, 5.74) is 2.09. The molecule has 1 aliphatic carbocycles. The van der Waals surface area contributed by atoms with Crippen LogP contribution in [0.5, 0.6) is 0 Å². The fourth-order valence-electron chi connectivity index (χ4n) is 3.05. The average molecular weight is 275 g/mol. The number of aromatic nitrogens is 1. The molecule has 2 nitrogen and oxygen atoms in total. The zero-order valence-electron chi connectivity index (χ0n) is 11.2. The van der Waals surface area contributed by atoms with E-state index in [1.165, 1.54) is 25.7 Å². The molecule has 0 saturated heterocycles. The first kappa shape index (κ1) is 12.7. The SMILES string of the molecule is CC1CCCC(Nc2cc(Cl)cc3cccnc23)C1. The summed E-state index contributed by atoms with van der Waals surface area (Å²) in [6.45, 7) is 2.34. The molecule has 2 aromatic rings. The van der Waals surface area contributed by atoms with Crippen LogP contribution in [0.2, 0.25) is 5.02 Å². The van der Waals surface area contributed by atoms with Crippen molar-refractivity contribution in [2.75, 3.05) is 5.32 Å². The van der Waals surface area contributed by atoms with Crippen LogP contribution in [0, 0.1) is 5.92 Å². The maximum absolute atomic E-state index is 6.20. The lowest BCUT2D eigenvalue weighted by atomic mass is 9.87. The van der Waals surface area contributed by atoms with Crippen molar-refractivity contribution in [3.05, 3.63) is 35.5 Å². The molecule has 0 aliphatic heterocycles. The molecule has 0 radical (unpaired) electrons. The summed E-state index contributed by atoms with van der Waals surface area (Å²) < 4.78 is 0. The Morgan fingerprint density at radius 2 is 2.21 bits per heavy atom. The number of nitrogens with zero attached hydrogens (tertiary/aromatic N) is 1. The van der Waals surface area contributed by atoms with Crippen LogP contribution in [-0.4, -0.2) is 11.0 Å². The molecule has 3 heteroatoms. The third kappa shape index (κ3) is 2.84.